The third-order valence-corrected chi connectivity index (χ3v) is 4.10. The van der Waals surface area contributed by atoms with Crippen LogP contribution in [-0.2, 0) is 16.0 Å². The maximum Gasteiger partial charge on any atom is 0.312 e. The third-order valence-electron chi connectivity index (χ3n) is 3.87. The number of carboxylic acids is 1. The Kier molecular flexibility index (Phi) is 4.02. The molecule has 1 heterocycles. The molecule has 0 aromatic heterocycles. The van der Waals surface area contributed by atoms with Crippen LogP contribution in [0.3, 0.4) is 0 Å². The molecular weight excluding hydrogens is 268 g/mol. The van der Waals surface area contributed by atoms with Gasteiger partial charge in [-0.3, -0.25) is 4.79 Å². The van der Waals surface area contributed by atoms with Crippen molar-refractivity contribution in [2.75, 3.05) is 13.7 Å². The van der Waals surface area contributed by atoms with E-state index in [1.165, 1.54) is 0 Å². The monoisotopic (exact) mass is 284 g/mol. The lowest BCUT2D eigenvalue weighted by Gasteiger charge is -2.28. The van der Waals surface area contributed by atoms with Gasteiger partial charge in [-0.15, -0.1) is 0 Å². The summed E-state index contributed by atoms with van der Waals surface area (Å²) in [6, 6.07) is 5.25. The Morgan fingerprint density at radius 3 is 2.89 bits per heavy atom. The molecule has 19 heavy (non-hydrogen) atoms. The van der Waals surface area contributed by atoms with Gasteiger partial charge < -0.3 is 14.6 Å². The van der Waals surface area contributed by atoms with E-state index in [1.54, 1.807) is 32.2 Å². The first-order chi connectivity index (χ1) is 8.99. The molecule has 0 saturated carbocycles. The first kappa shape index (κ1) is 14.2. The highest BCUT2D eigenvalue weighted by Gasteiger charge is 2.48. The Balaban J connectivity index is 2.37. The summed E-state index contributed by atoms with van der Waals surface area (Å²) in [5.41, 5.74) is -0.104. The van der Waals surface area contributed by atoms with Crippen LogP contribution in [0.5, 0.6) is 5.75 Å². The summed E-state index contributed by atoms with van der Waals surface area (Å²) >= 11 is 5.99. The van der Waals surface area contributed by atoms with Crippen molar-refractivity contribution in [3.8, 4) is 5.75 Å². The summed E-state index contributed by atoms with van der Waals surface area (Å²) in [6.45, 7) is 2.27. The predicted molar refractivity (Wildman–Crippen MR) is 71.8 cm³/mol. The van der Waals surface area contributed by atoms with Gasteiger partial charge in [0, 0.05) is 11.6 Å². The van der Waals surface area contributed by atoms with Gasteiger partial charge in [-0.25, -0.2) is 0 Å². The summed E-state index contributed by atoms with van der Waals surface area (Å²) < 4.78 is 10.7. The van der Waals surface area contributed by atoms with Crippen LogP contribution in [0, 0.1) is 5.41 Å². The standard InChI is InChI=1S/C14H17ClO4/c1-9-14(13(16)17,5-6-19-9)8-10-7-11(15)3-4-12(10)18-2/h3-4,7,9H,5-6,8H2,1-2H3,(H,16,17). The lowest BCUT2D eigenvalue weighted by Crippen LogP contribution is -2.39. The predicted octanol–water partition coefficient (Wildman–Crippen LogP) is 2.77. The van der Waals surface area contributed by atoms with Crippen molar-refractivity contribution in [1.82, 2.24) is 0 Å². The van der Waals surface area contributed by atoms with E-state index in [9.17, 15) is 9.90 Å². The van der Waals surface area contributed by atoms with E-state index in [2.05, 4.69) is 0 Å². The molecule has 0 aliphatic carbocycles. The number of carboxylic acid groups (broad SMARTS) is 1. The van der Waals surface area contributed by atoms with Gasteiger partial charge in [-0.1, -0.05) is 11.6 Å². The molecule has 1 aromatic rings. The zero-order chi connectivity index (χ0) is 14.0. The molecule has 0 spiro atoms. The maximum absolute atomic E-state index is 11.7. The summed E-state index contributed by atoms with van der Waals surface area (Å²) in [6.07, 6.45) is 0.528. The lowest BCUT2D eigenvalue weighted by molar-refractivity contribution is -0.151. The SMILES string of the molecule is COc1ccc(Cl)cc1CC1(C(=O)O)CCOC1C. The van der Waals surface area contributed by atoms with E-state index >= 15 is 0 Å². The molecule has 1 N–H and O–H groups in total. The number of carbonyl (C=O) groups is 1. The number of ether oxygens (including phenoxy) is 2. The first-order valence-electron chi connectivity index (χ1n) is 6.17. The summed E-state index contributed by atoms with van der Waals surface area (Å²) in [5, 5.41) is 10.1. The minimum atomic E-state index is -0.905. The fraction of sp³-hybridized carbons (Fsp3) is 0.500. The van der Waals surface area contributed by atoms with Gasteiger partial charge >= 0.3 is 5.97 Å². The van der Waals surface area contributed by atoms with Crippen LogP contribution in [0.4, 0.5) is 0 Å². The average Bonchev–Trinajstić information content (AvgIpc) is 2.72. The first-order valence-corrected chi connectivity index (χ1v) is 6.55. The highest BCUT2D eigenvalue weighted by molar-refractivity contribution is 6.30. The van der Waals surface area contributed by atoms with Crippen LogP contribution in [0.1, 0.15) is 18.9 Å². The normalized spacial score (nSPS) is 26.4. The highest BCUT2D eigenvalue weighted by Crippen LogP contribution is 2.40. The molecule has 0 radical (unpaired) electrons. The van der Waals surface area contributed by atoms with Crippen molar-refractivity contribution >= 4 is 17.6 Å². The van der Waals surface area contributed by atoms with E-state index in [-0.39, 0.29) is 6.10 Å². The number of halogens is 1. The van der Waals surface area contributed by atoms with Crippen LogP contribution in [-0.4, -0.2) is 30.9 Å². The number of hydrogen-bond donors (Lipinski definition) is 1. The van der Waals surface area contributed by atoms with Crippen molar-refractivity contribution < 1.29 is 19.4 Å². The summed E-state index contributed by atoms with van der Waals surface area (Å²) in [7, 11) is 1.56. The Morgan fingerprint density at radius 1 is 1.63 bits per heavy atom. The van der Waals surface area contributed by atoms with E-state index < -0.39 is 11.4 Å². The summed E-state index contributed by atoms with van der Waals surface area (Å²) in [4.78, 5) is 11.7. The minimum absolute atomic E-state index is 0.325. The van der Waals surface area contributed by atoms with E-state index in [0.29, 0.717) is 30.2 Å². The van der Waals surface area contributed by atoms with Crippen LogP contribution >= 0.6 is 11.6 Å². The van der Waals surface area contributed by atoms with Crippen molar-refractivity contribution in [3.63, 3.8) is 0 Å². The zero-order valence-corrected chi connectivity index (χ0v) is 11.7. The summed E-state index contributed by atoms with van der Waals surface area (Å²) in [5.74, 6) is -0.177. The number of hydrogen-bond acceptors (Lipinski definition) is 3. The van der Waals surface area contributed by atoms with Gasteiger partial charge in [0.15, 0.2) is 0 Å². The maximum atomic E-state index is 11.7. The molecule has 1 aliphatic rings. The van der Waals surface area contributed by atoms with E-state index in [0.717, 1.165) is 5.56 Å². The van der Waals surface area contributed by atoms with Crippen molar-refractivity contribution in [3.05, 3.63) is 28.8 Å². The second-order valence-electron chi connectivity index (χ2n) is 4.86. The Bertz CT molecular complexity index is 488. The molecule has 1 aliphatic heterocycles. The van der Waals surface area contributed by atoms with Gasteiger partial charge in [0.1, 0.15) is 5.75 Å². The molecule has 1 saturated heterocycles. The fourth-order valence-corrected chi connectivity index (χ4v) is 2.79. The second kappa shape index (κ2) is 5.39. The number of aliphatic carboxylic acids is 1. The van der Waals surface area contributed by atoms with Crippen LogP contribution in [0.25, 0.3) is 0 Å². The lowest BCUT2D eigenvalue weighted by atomic mass is 9.76. The number of rotatable bonds is 4. The van der Waals surface area contributed by atoms with Gasteiger partial charge in [-0.2, -0.15) is 0 Å². The number of methoxy groups -OCH3 is 1. The molecular formula is C14H17ClO4. The van der Waals surface area contributed by atoms with Gasteiger partial charge in [-0.05, 0) is 43.5 Å². The van der Waals surface area contributed by atoms with E-state index in [4.69, 9.17) is 21.1 Å². The van der Waals surface area contributed by atoms with Gasteiger partial charge in [0.2, 0.25) is 0 Å². The largest absolute Gasteiger partial charge is 0.496 e. The Labute approximate surface area is 117 Å². The smallest absolute Gasteiger partial charge is 0.312 e. The average molecular weight is 285 g/mol. The third kappa shape index (κ3) is 2.55. The Morgan fingerprint density at radius 2 is 2.37 bits per heavy atom. The molecule has 0 bridgehead atoms. The molecule has 2 rings (SSSR count). The second-order valence-corrected chi connectivity index (χ2v) is 5.29. The molecule has 0 amide bonds. The zero-order valence-electron chi connectivity index (χ0n) is 11.0. The molecule has 2 atom stereocenters. The molecule has 5 heteroatoms. The molecule has 1 fully saturated rings. The molecule has 4 nitrogen and oxygen atoms in total. The van der Waals surface area contributed by atoms with E-state index in [1.807, 2.05) is 0 Å². The fourth-order valence-electron chi connectivity index (χ4n) is 2.59. The van der Waals surface area contributed by atoms with Crippen LogP contribution < -0.4 is 4.74 Å². The van der Waals surface area contributed by atoms with Crippen LogP contribution in [0.15, 0.2) is 18.2 Å². The minimum Gasteiger partial charge on any atom is -0.496 e. The number of benzene rings is 1. The highest BCUT2D eigenvalue weighted by atomic mass is 35.5. The van der Waals surface area contributed by atoms with Gasteiger partial charge in [0.25, 0.3) is 0 Å². The van der Waals surface area contributed by atoms with Crippen molar-refractivity contribution in [1.29, 1.82) is 0 Å². The van der Waals surface area contributed by atoms with Crippen molar-refractivity contribution in [2.24, 2.45) is 5.41 Å². The molecule has 104 valence electrons. The van der Waals surface area contributed by atoms with Crippen LogP contribution in [0.2, 0.25) is 5.02 Å². The Hall–Kier alpha value is -1.26. The molecule has 2 unspecified atom stereocenters. The topological polar surface area (TPSA) is 55.8 Å². The van der Waals surface area contributed by atoms with Crippen molar-refractivity contribution in [2.45, 2.75) is 25.9 Å². The molecule has 1 aromatic carbocycles. The quantitative estimate of drug-likeness (QED) is 0.924. The van der Waals surface area contributed by atoms with Gasteiger partial charge in [0.05, 0.1) is 18.6 Å².